The van der Waals surface area contributed by atoms with Crippen LogP contribution in [0.5, 0.6) is 17.2 Å². The molecule has 3 N–H and O–H groups in total. The second kappa shape index (κ2) is 13.7. The molecule has 0 bridgehead atoms. The van der Waals surface area contributed by atoms with E-state index in [9.17, 15) is 19.5 Å². The van der Waals surface area contributed by atoms with Gasteiger partial charge in [-0.05, 0) is 54.4 Å². The molecular formula is C36H36N2O7. The molecule has 4 aromatic carbocycles. The molecule has 1 fully saturated rings. The van der Waals surface area contributed by atoms with E-state index in [-0.39, 0.29) is 0 Å². The van der Waals surface area contributed by atoms with Crippen molar-refractivity contribution in [3.63, 3.8) is 0 Å². The number of aliphatic hydroxyl groups is 1. The van der Waals surface area contributed by atoms with Crippen molar-refractivity contribution in [2.24, 2.45) is 11.8 Å². The average Bonchev–Trinajstić information content (AvgIpc) is 3.04. The van der Waals surface area contributed by atoms with Crippen molar-refractivity contribution in [1.82, 2.24) is 0 Å². The molecule has 0 aromatic heterocycles. The lowest BCUT2D eigenvalue weighted by molar-refractivity contribution is -0.150. The minimum absolute atomic E-state index is 0.293. The van der Waals surface area contributed by atoms with E-state index in [4.69, 9.17) is 14.2 Å². The highest BCUT2D eigenvalue weighted by Crippen LogP contribution is 2.47. The molecule has 5 rings (SSSR count). The number of ether oxygens (including phenoxy) is 3. The Morgan fingerprint density at radius 2 is 1.38 bits per heavy atom. The van der Waals surface area contributed by atoms with Crippen molar-refractivity contribution in [2.45, 2.75) is 31.5 Å². The zero-order valence-electron chi connectivity index (χ0n) is 25.4. The van der Waals surface area contributed by atoms with E-state index in [2.05, 4.69) is 10.6 Å². The van der Waals surface area contributed by atoms with E-state index in [0.29, 0.717) is 40.8 Å². The monoisotopic (exact) mass is 608 g/mol. The fourth-order valence-corrected chi connectivity index (χ4v) is 5.96. The Balaban J connectivity index is 1.56. The minimum atomic E-state index is -1.78. The van der Waals surface area contributed by atoms with Crippen molar-refractivity contribution in [3.05, 3.63) is 114 Å². The Labute approximate surface area is 262 Å². The molecule has 4 atom stereocenters. The van der Waals surface area contributed by atoms with Crippen LogP contribution in [0.1, 0.15) is 30.4 Å². The first-order chi connectivity index (χ1) is 21.7. The average molecular weight is 609 g/mol. The number of nitrogens with one attached hydrogen (secondary N) is 2. The first kappa shape index (κ1) is 31.3. The van der Waals surface area contributed by atoms with Gasteiger partial charge in [0, 0.05) is 12.3 Å². The highest BCUT2D eigenvalue weighted by Gasteiger charge is 2.56. The van der Waals surface area contributed by atoms with Gasteiger partial charge in [0.05, 0.1) is 37.1 Å². The summed E-state index contributed by atoms with van der Waals surface area (Å²) in [6, 6.07) is 30.4. The van der Waals surface area contributed by atoms with Crippen LogP contribution in [0, 0.1) is 11.8 Å². The Morgan fingerprint density at radius 3 is 2.00 bits per heavy atom. The SMILES string of the molecule is COc1ccccc1NC(=O)C1C(=O)CC(C)(O)C(C(=O)Nc2ccccc2OC)C1c1cccc(OCc2ccccc2)c1. The van der Waals surface area contributed by atoms with E-state index in [1.807, 2.05) is 30.3 Å². The molecule has 9 heteroatoms. The summed E-state index contributed by atoms with van der Waals surface area (Å²) in [6.45, 7) is 1.75. The van der Waals surface area contributed by atoms with Crippen LogP contribution < -0.4 is 24.8 Å². The van der Waals surface area contributed by atoms with Gasteiger partial charge in [0.25, 0.3) is 0 Å². The summed E-state index contributed by atoms with van der Waals surface area (Å²) in [5, 5.41) is 17.4. The highest BCUT2D eigenvalue weighted by atomic mass is 16.5. The number of para-hydroxylation sites is 4. The normalized spacial score (nSPS) is 21.0. The Morgan fingerprint density at radius 1 is 0.800 bits per heavy atom. The number of methoxy groups -OCH3 is 2. The fourth-order valence-electron chi connectivity index (χ4n) is 5.96. The number of amides is 2. The van der Waals surface area contributed by atoms with Crippen LogP contribution in [0.25, 0.3) is 0 Å². The van der Waals surface area contributed by atoms with Crippen LogP contribution in [0.2, 0.25) is 0 Å². The molecule has 0 heterocycles. The van der Waals surface area contributed by atoms with Gasteiger partial charge in [-0.3, -0.25) is 14.4 Å². The summed E-state index contributed by atoms with van der Waals surface area (Å²) in [7, 11) is 2.97. The number of hydrogen-bond acceptors (Lipinski definition) is 7. The molecule has 1 saturated carbocycles. The second-order valence-electron chi connectivity index (χ2n) is 11.2. The van der Waals surface area contributed by atoms with Crippen molar-refractivity contribution in [1.29, 1.82) is 0 Å². The van der Waals surface area contributed by atoms with Gasteiger partial charge >= 0.3 is 0 Å². The van der Waals surface area contributed by atoms with Gasteiger partial charge < -0.3 is 30.0 Å². The van der Waals surface area contributed by atoms with Gasteiger partial charge in [0.1, 0.15) is 35.6 Å². The molecule has 1 aliphatic carbocycles. The molecular weight excluding hydrogens is 572 g/mol. The van der Waals surface area contributed by atoms with Crippen molar-refractivity contribution in [2.75, 3.05) is 24.9 Å². The predicted molar refractivity (Wildman–Crippen MR) is 170 cm³/mol. The lowest BCUT2D eigenvalue weighted by Crippen LogP contribution is -2.56. The molecule has 9 nitrogen and oxygen atoms in total. The summed E-state index contributed by atoms with van der Waals surface area (Å²) in [6.07, 6.45) is -0.401. The number of carbonyl (C=O) groups excluding carboxylic acids is 3. The van der Waals surface area contributed by atoms with Crippen LogP contribution >= 0.6 is 0 Å². The molecule has 1 aliphatic rings. The first-order valence-electron chi connectivity index (χ1n) is 14.6. The molecule has 0 saturated heterocycles. The number of benzene rings is 4. The molecule has 4 aromatic rings. The van der Waals surface area contributed by atoms with Crippen molar-refractivity contribution < 1.29 is 33.7 Å². The van der Waals surface area contributed by atoms with Gasteiger partial charge in [0.2, 0.25) is 11.8 Å². The van der Waals surface area contributed by atoms with Crippen LogP contribution in [-0.4, -0.2) is 42.5 Å². The van der Waals surface area contributed by atoms with Gasteiger partial charge in [-0.1, -0.05) is 66.7 Å². The van der Waals surface area contributed by atoms with Gasteiger partial charge in [0.15, 0.2) is 0 Å². The lowest BCUT2D eigenvalue weighted by atomic mass is 9.61. The Bertz CT molecular complexity index is 1670. The molecule has 0 aliphatic heterocycles. The third-order valence-electron chi connectivity index (χ3n) is 8.05. The van der Waals surface area contributed by atoms with E-state index >= 15 is 0 Å². The fraction of sp³-hybridized carbons (Fsp3) is 0.250. The summed E-state index contributed by atoms with van der Waals surface area (Å²) in [5.74, 6) is -3.91. The van der Waals surface area contributed by atoms with Crippen LogP contribution in [0.15, 0.2) is 103 Å². The predicted octanol–water partition coefficient (Wildman–Crippen LogP) is 5.60. The van der Waals surface area contributed by atoms with E-state index in [1.165, 1.54) is 21.1 Å². The standard InChI is InChI=1S/C36H36N2O7/c1-36(42)21-28(39)32(34(40)37-26-16-7-9-18-29(26)43-2)31(33(36)35(41)38-27-17-8-10-19-30(27)44-3)24-14-11-15-25(20-24)45-22-23-12-5-4-6-13-23/h4-20,31-33,42H,21-22H2,1-3H3,(H,37,40)(H,38,41). The van der Waals surface area contributed by atoms with E-state index in [0.717, 1.165) is 5.56 Å². The summed E-state index contributed by atoms with van der Waals surface area (Å²) >= 11 is 0. The number of rotatable bonds is 10. The Hall–Kier alpha value is -5.15. The number of Topliss-reactive ketones (excluding diaryl/α,β-unsaturated/α-hetero) is 1. The van der Waals surface area contributed by atoms with Gasteiger partial charge in [-0.15, -0.1) is 0 Å². The third kappa shape index (κ3) is 6.99. The summed E-state index contributed by atoms with van der Waals surface area (Å²) in [5.41, 5.74) is 0.446. The maximum absolute atomic E-state index is 14.1. The largest absolute Gasteiger partial charge is 0.495 e. The molecule has 232 valence electrons. The minimum Gasteiger partial charge on any atom is -0.495 e. The van der Waals surface area contributed by atoms with Gasteiger partial charge in [-0.25, -0.2) is 0 Å². The first-order valence-corrected chi connectivity index (χ1v) is 14.6. The number of anilines is 2. The number of carbonyl (C=O) groups is 3. The van der Waals surface area contributed by atoms with Crippen LogP contribution in [0.4, 0.5) is 11.4 Å². The van der Waals surface area contributed by atoms with Crippen molar-refractivity contribution >= 4 is 29.0 Å². The zero-order valence-corrected chi connectivity index (χ0v) is 25.4. The topological polar surface area (TPSA) is 123 Å². The molecule has 2 amide bonds. The molecule has 4 unspecified atom stereocenters. The number of ketones is 1. The number of hydrogen-bond donors (Lipinski definition) is 3. The van der Waals surface area contributed by atoms with Gasteiger partial charge in [-0.2, -0.15) is 0 Å². The zero-order chi connectivity index (χ0) is 32.0. The molecule has 0 radical (unpaired) electrons. The maximum atomic E-state index is 14.1. The van der Waals surface area contributed by atoms with Crippen LogP contribution in [-0.2, 0) is 21.0 Å². The third-order valence-corrected chi connectivity index (χ3v) is 8.05. The van der Waals surface area contributed by atoms with Crippen LogP contribution in [0.3, 0.4) is 0 Å². The smallest absolute Gasteiger partial charge is 0.235 e. The van der Waals surface area contributed by atoms with E-state index < -0.39 is 47.4 Å². The molecule has 0 spiro atoms. The van der Waals surface area contributed by atoms with E-state index in [1.54, 1.807) is 72.8 Å². The maximum Gasteiger partial charge on any atom is 0.235 e. The quantitative estimate of drug-likeness (QED) is 0.200. The second-order valence-corrected chi connectivity index (χ2v) is 11.2. The highest BCUT2D eigenvalue weighted by molar-refractivity contribution is 6.11. The summed E-state index contributed by atoms with van der Waals surface area (Å²) < 4.78 is 16.9. The Kier molecular flexibility index (Phi) is 9.49. The molecule has 45 heavy (non-hydrogen) atoms. The lowest BCUT2D eigenvalue weighted by Gasteiger charge is -2.44. The summed E-state index contributed by atoms with van der Waals surface area (Å²) in [4.78, 5) is 41.9. The van der Waals surface area contributed by atoms with Crippen molar-refractivity contribution in [3.8, 4) is 17.2 Å².